The molecule has 1 aliphatic rings. The van der Waals surface area contributed by atoms with Crippen molar-refractivity contribution in [3.05, 3.63) is 45.8 Å². The molecule has 7 heteroatoms. The summed E-state index contributed by atoms with van der Waals surface area (Å²) in [5.41, 5.74) is 1.97. The van der Waals surface area contributed by atoms with Crippen LogP contribution in [-0.4, -0.2) is 31.5 Å². The fourth-order valence-corrected chi connectivity index (χ4v) is 4.45. The predicted molar refractivity (Wildman–Crippen MR) is 99.8 cm³/mol. The SMILES string of the molecule is CN(Cc1nc2ccsc2c(=O)[nH]1)Cc1cncn1C1CCCCC1. The average molecular weight is 357 g/mol. The lowest BCUT2D eigenvalue weighted by atomic mass is 9.95. The van der Waals surface area contributed by atoms with Gasteiger partial charge in [-0.2, -0.15) is 0 Å². The molecule has 3 aromatic rings. The number of hydrogen-bond acceptors (Lipinski definition) is 5. The number of H-pyrrole nitrogens is 1. The molecule has 4 rings (SSSR count). The van der Waals surface area contributed by atoms with Crippen LogP contribution in [0.15, 0.2) is 28.8 Å². The molecule has 0 atom stereocenters. The van der Waals surface area contributed by atoms with Crippen molar-refractivity contribution in [2.75, 3.05) is 7.05 Å². The molecule has 0 amide bonds. The van der Waals surface area contributed by atoms with Crippen LogP contribution in [0.4, 0.5) is 0 Å². The van der Waals surface area contributed by atoms with Crippen molar-refractivity contribution in [1.29, 1.82) is 0 Å². The molecule has 1 saturated carbocycles. The van der Waals surface area contributed by atoms with E-state index in [4.69, 9.17) is 0 Å². The van der Waals surface area contributed by atoms with Crippen LogP contribution in [0.3, 0.4) is 0 Å². The second kappa shape index (κ2) is 7.09. The molecule has 1 aliphatic carbocycles. The third kappa shape index (κ3) is 3.52. The van der Waals surface area contributed by atoms with Crippen molar-refractivity contribution < 1.29 is 0 Å². The van der Waals surface area contributed by atoms with E-state index in [0.29, 0.717) is 23.1 Å². The molecular weight excluding hydrogens is 334 g/mol. The molecular formula is C18H23N5OS. The molecule has 3 aromatic heterocycles. The summed E-state index contributed by atoms with van der Waals surface area (Å²) in [6, 6.07) is 2.48. The molecule has 0 saturated heterocycles. The summed E-state index contributed by atoms with van der Waals surface area (Å²) < 4.78 is 3.04. The Morgan fingerprint density at radius 3 is 3.00 bits per heavy atom. The van der Waals surface area contributed by atoms with Crippen molar-refractivity contribution in [2.45, 2.75) is 51.2 Å². The zero-order chi connectivity index (χ0) is 17.2. The first kappa shape index (κ1) is 16.5. The first-order valence-electron chi connectivity index (χ1n) is 8.86. The average Bonchev–Trinajstić information content (AvgIpc) is 3.25. The van der Waals surface area contributed by atoms with Crippen LogP contribution in [-0.2, 0) is 13.1 Å². The van der Waals surface area contributed by atoms with Gasteiger partial charge in [0.05, 0.1) is 24.1 Å². The van der Waals surface area contributed by atoms with E-state index in [1.165, 1.54) is 49.1 Å². The zero-order valence-corrected chi connectivity index (χ0v) is 15.3. The van der Waals surface area contributed by atoms with Crippen molar-refractivity contribution >= 4 is 21.6 Å². The minimum Gasteiger partial charge on any atom is -0.330 e. The molecule has 0 unspecified atom stereocenters. The minimum absolute atomic E-state index is 0.0457. The highest BCUT2D eigenvalue weighted by Crippen LogP contribution is 2.29. The Bertz CT molecular complexity index is 905. The predicted octanol–water partition coefficient (Wildman–Crippen LogP) is 3.32. The van der Waals surface area contributed by atoms with Crippen LogP contribution >= 0.6 is 11.3 Å². The second-order valence-corrected chi connectivity index (χ2v) is 7.82. The second-order valence-electron chi connectivity index (χ2n) is 6.90. The maximum atomic E-state index is 12.1. The number of imidazole rings is 1. The smallest absolute Gasteiger partial charge is 0.268 e. The first-order chi connectivity index (χ1) is 12.2. The maximum absolute atomic E-state index is 12.1. The van der Waals surface area contributed by atoms with Gasteiger partial charge < -0.3 is 9.55 Å². The standard InChI is InChI=1S/C18H23N5OS/c1-22(11-16-20-15-7-8-25-17(15)18(24)21-16)10-14-9-19-12-23(14)13-5-3-2-4-6-13/h7-9,12-13H,2-6,10-11H2,1H3,(H,20,21,24). The molecule has 0 radical (unpaired) electrons. The van der Waals surface area contributed by atoms with E-state index < -0.39 is 0 Å². The van der Waals surface area contributed by atoms with Crippen LogP contribution in [0.5, 0.6) is 0 Å². The number of rotatable bonds is 5. The van der Waals surface area contributed by atoms with Gasteiger partial charge in [0.2, 0.25) is 0 Å². The van der Waals surface area contributed by atoms with Gasteiger partial charge in [-0.05, 0) is 31.3 Å². The minimum atomic E-state index is -0.0457. The summed E-state index contributed by atoms with van der Waals surface area (Å²) in [6.07, 6.45) is 10.4. The van der Waals surface area contributed by atoms with Crippen LogP contribution < -0.4 is 5.56 Å². The maximum Gasteiger partial charge on any atom is 0.268 e. The van der Waals surface area contributed by atoms with E-state index >= 15 is 0 Å². The Morgan fingerprint density at radius 1 is 1.32 bits per heavy atom. The molecule has 1 N–H and O–H groups in total. The van der Waals surface area contributed by atoms with Crippen molar-refractivity contribution in [2.24, 2.45) is 0 Å². The quantitative estimate of drug-likeness (QED) is 0.761. The van der Waals surface area contributed by atoms with Gasteiger partial charge in [-0.1, -0.05) is 19.3 Å². The zero-order valence-electron chi connectivity index (χ0n) is 14.4. The van der Waals surface area contributed by atoms with E-state index in [0.717, 1.165) is 12.1 Å². The number of aromatic nitrogens is 4. The van der Waals surface area contributed by atoms with Gasteiger partial charge in [-0.3, -0.25) is 9.69 Å². The van der Waals surface area contributed by atoms with E-state index in [9.17, 15) is 4.79 Å². The third-order valence-corrected chi connectivity index (χ3v) is 5.83. The lowest BCUT2D eigenvalue weighted by molar-refractivity contribution is 0.285. The molecule has 0 bridgehead atoms. The van der Waals surface area contributed by atoms with Crippen molar-refractivity contribution in [3.63, 3.8) is 0 Å². The van der Waals surface area contributed by atoms with Gasteiger partial charge >= 0.3 is 0 Å². The third-order valence-electron chi connectivity index (χ3n) is 4.93. The molecule has 132 valence electrons. The topological polar surface area (TPSA) is 66.8 Å². The number of nitrogens with zero attached hydrogens (tertiary/aromatic N) is 4. The summed E-state index contributed by atoms with van der Waals surface area (Å²) in [5.74, 6) is 0.710. The van der Waals surface area contributed by atoms with E-state index in [1.54, 1.807) is 0 Å². The number of fused-ring (bicyclic) bond motifs is 1. The van der Waals surface area contributed by atoms with Crippen LogP contribution in [0.2, 0.25) is 0 Å². The monoisotopic (exact) mass is 357 g/mol. The Labute approximate surface area is 150 Å². The van der Waals surface area contributed by atoms with Gasteiger partial charge in [-0.25, -0.2) is 9.97 Å². The summed E-state index contributed by atoms with van der Waals surface area (Å²) in [4.78, 5) is 26.1. The Morgan fingerprint density at radius 2 is 2.16 bits per heavy atom. The fraction of sp³-hybridized carbons (Fsp3) is 0.500. The van der Waals surface area contributed by atoms with Gasteiger partial charge in [0.1, 0.15) is 10.5 Å². The summed E-state index contributed by atoms with van der Waals surface area (Å²) in [7, 11) is 2.05. The van der Waals surface area contributed by atoms with E-state index in [1.807, 2.05) is 24.0 Å². The summed E-state index contributed by atoms with van der Waals surface area (Å²) >= 11 is 1.43. The van der Waals surface area contributed by atoms with E-state index in [-0.39, 0.29) is 5.56 Å². The van der Waals surface area contributed by atoms with E-state index in [2.05, 4.69) is 31.5 Å². The summed E-state index contributed by atoms with van der Waals surface area (Å²) in [5, 5.41) is 1.91. The Balaban J connectivity index is 1.47. The molecule has 0 aliphatic heterocycles. The molecule has 0 spiro atoms. The largest absolute Gasteiger partial charge is 0.330 e. The molecule has 3 heterocycles. The summed E-state index contributed by atoms with van der Waals surface area (Å²) in [6.45, 7) is 1.40. The Hall–Kier alpha value is -1.99. The van der Waals surface area contributed by atoms with Crippen molar-refractivity contribution in [1.82, 2.24) is 24.4 Å². The van der Waals surface area contributed by atoms with Gasteiger partial charge in [-0.15, -0.1) is 11.3 Å². The molecule has 1 fully saturated rings. The van der Waals surface area contributed by atoms with Gasteiger partial charge in [0.15, 0.2) is 0 Å². The Kier molecular flexibility index (Phi) is 4.67. The lowest BCUT2D eigenvalue weighted by Gasteiger charge is -2.26. The number of nitrogens with one attached hydrogen (secondary N) is 1. The fourth-order valence-electron chi connectivity index (χ4n) is 3.73. The highest BCUT2D eigenvalue weighted by atomic mass is 32.1. The van der Waals surface area contributed by atoms with Crippen molar-refractivity contribution in [3.8, 4) is 0 Å². The molecule has 25 heavy (non-hydrogen) atoms. The van der Waals surface area contributed by atoms with Crippen LogP contribution in [0.25, 0.3) is 10.2 Å². The molecule has 6 nitrogen and oxygen atoms in total. The lowest BCUT2D eigenvalue weighted by Crippen LogP contribution is -2.24. The first-order valence-corrected chi connectivity index (χ1v) is 9.74. The van der Waals surface area contributed by atoms with Gasteiger partial charge in [0, 0.05) is 18.8 Å². The van der Waals surface area contributed by atoms with Crippen LogP contribution in [0, 0.1) is 0 Å². The normalized spacial score (nSPS) is 16.1. The van der Waals surface area contributed by atoms with Crippen LogP contribution in [0.1, 0.15) is 49.7 Å². The number of hydrogen-bond donors (Lipinski definition) is 1. The number of aromatic amines is 1. The highest BCUT2D eigenvalue weighted by Gasteiger charge is 2.18. The van der Waals surface area contributed by atoms with Gasteiger partial charge in [0.25, 0.3) is 5.56 Å². The molecule has 0 aromatic carbocycles. The number of thiophene rings is 1. The highest BCUT2D eigenvalue weighted by molar-refractivity contribution is 7.17.